The molecule has 3 aromatic rings. The number of benzene rings is 3. The third-order valence-corrected chi connectivity index (χ3v) is 8.64. The molecule has 25 heavy (non-hydrogen) atoms. The number of rotatable bonds is 6. The van der Waals surface area contributed by atoms with Gasteiger partial charge in [-0.2, -0.15) is 0 Å². The fourth-order valence-electron chi connectivity index (χ4n) is 3.02. The number of amides is 1. The predicted molar refractivity (Wildman–Crippen MR) is 109 cm³/mol. The van der Waals surface area contributed by atoms with Gasteiger partial charge in [0.1, 0.15) is 35.3 Å². The van der Waals surface area contributed by atoms with E-state index >= 15 is 0 Å². The second-order valence-electron chi connectivity index (χ2n) is 5.71. The number of hydrogen-bond acceptors (Lipinski definition) is 1. The number of nitrogens with one attached hydrogen (secondary N) is 1. The van der Waals surface area contributed by atoms with Crippen molar-refractivity contribution in [2.45, 2.75) is 0 Å². The molecule has 0 atom stereocenters. The van der Waals surface area contributed by atoms with E-state index in [9.17, 15) is 4.79 Å². The van der Waals surface area contributed by atoms with Crippen LogP contribution >= 0.6 is 18.9 Å². The van der Waals surface area contributed by atoms with Crippen molar-refractivity contribution in [3.8, 4) is 0 Å². The lowest BCUT2D eigenvalue weighted by molar-refractivity contribution is -0.118. The molecule has 4 heteroatoms. The summed E-state index contributed by atoms with van der Waals surface area (Å²) >= 11 is 5.72. The number of halogens is 1. The van der Waals surface area contributed by atoms with Gasteiger partial charge in [-0.3, -0.25) is 4.79 Å². The molecule has 126 valence electrons. The van der Waals surface area contributed by atoms with Crippen LogP contribution in [0, 0.1) is 0 Å². The van der Waals surface area contributed by atoms with E-state index in [1.807, 2.05) is 18.2 Å². The van der Waals surface area contributed by atoms with Crippen LogP contribution in [0.3, 0.4) is 0 Å². The number of alkyl halides is 1. The maximum absolute atomic E-state index is 11.9. The lowest BCUT2D eigenvalue weighted by Gasteiger charge is -2.27. The molecule has 0 heterocycles. The molecule has 0 fully saturated rings. The Bertz CT molecular complexity index is 712. The Kier molecular flexibility index (Phi) is 5.86. The second-order valence-corrected chi connectivity index (χ2v) is 9.46. The van der Waals surface area contributed by atoms with Gasteiger partial charge < -0.3 is 5.32 Å². The van der Waals surface area contributed by atoms with Crippen LogP contribution in [-0.2, 0) is 4.79 Å². The maximum atomic E-state index is 11.9. The maximum Gasteiger partial charge on any atom is 0.237 e. The van der Waals surface area contributed by atoms with Crippen molar-refractivity contribution < 1.29 is 4.79 Å². The van der Waals surface area contributed by atoms with Crippen LogP contribution in [0.4, 0.5) is 0 Å². The van der Waals surface area contributed by atoms with Crippen molar-refractivity contribution in [2.75, 3.05) is 12.2 Å². The molecular weight excluding hydrogens is 349 g/mol. The fraction of sp³-hybridized carbons (Fsp3) is 0.0952. The Hall–Kier alpha value is -2.15. The van der Waals surface area contributed by atoms with Crippen LogP contribution in [0.15, 0.2) is 91.0 Å². The van der Waals surface area contributed by atoms with E-state index in [1.165, 1.54) is 15.9 Å². The van der Waals surface area contributed by atoms with Gasteiger partial charge in [0.2, 0.25) is 5.91 Å². The van der Waals surface area contributed by atoms with E-state index in [0.29, 0.717) is 6.29 Å². The molecule has 0 saturated carbocycles. The molecule has 0 bridgehead atoms. The summed E-state index contributed by atoms with van der Waals surface area (Å²) in [7, 11) is -2.01. The van der Waals surface area contributed by atoms with E-state index in [0.717, 1.165) is 0 Å². The summed E-state index contributed by atoms with van der Waals surface area (Å²) in [5.74, 6) is -0.174. The minimum absolute atomic E-state index is 0.0294. The van der Waals surface area contributed by atoms with Crippen LogP contribution in [0.25, 0.3) is 0 Å². The zero-order valence-corrected chi connectivity index (χ0v) is 15.5. The van der Waals surface area contributed by atoms with Gasteiger partial charge in [0.25, 0.3) is 0 Å². The zero-order valence-electron chi connectivity index (χ0n) is 13.8. The summed E-state index contributed by atoms with van der Waals surface area (Å²) in [6.07, 6.45) is 0.552. The van der Waals surface area contributed by atoms with E-state index < -0.39 is 7.26 Å². The molecule has 1 amide bonds. The Morgan fingerprint density at radius 3 is 1.40 bits per heavy atom. The standard InChI is InChI=1S/C21H19ClNOP/c22-16-21(24)23-17-25(18-10-4-1-5-11-18,19-12-6-2-7-13-19)20-14-8-3-9-15-20/h1-15H,16-17H2/p+1. The number of hydrogen-bond donors (Lipinski definition) is 1. The molecule has 0 aromatic heterocycles. The molecule has 0 aliphatic carbocycles. The first-order chi connectivity index (χ1) is 12.3. The first kappa shape index (κ1) is 17.7. The molecular formula is C21H20ClNOP+. The van der Waals surface area contributed by atoms with Gasteiger partial charge in [-0.15, -0.1) is 11.6 Å². The molecule has 0 unspecified atom stereocenters. The Balaban J connectivity index is 2.22. The lowest BCUT2D eigenvalue weighted by Crippen LogP contribution is -2.40. The third-order valence-electron chi connectivity index (χ3n) is 4.23. The van der Waals surface area contributed by atoms with Crippen molar-refractivity contribution in [3.05, 3.63) is 91.0 Å². The van der Waals surface area contributed by atoms with Gasteiger partial charge in [0.05, 0.1) is 0 Å². The summed E-state index contributed by atoms with van der Waals surface area (Å²) in [4.78, 5) is 11.9. The van der Waals surface area contributed by atoms with Crippen molar-refractivity contribution in [3.63, 3.8) is 0 Å². The molecule has 0 radical (unpaired) electrons. The molecule has 3 aromatic carbocycles. The summed E-state index contributed by atoms with van der Waals surface area (Å²) in [6, 6.07) is 31.3. The minimum Gasteiger partial charge on any atom is -0.322 e. The fourth-order valence-corrected chi connectivity index (χ4v) is 7.02. The Morgan fingerprint density at radius 2 is 1.08 bits per heavy atom. The summed E-state index contributed by atoms with van der Waals surface area (Å²) in [6.45, 7) is 0. The quantitative estimate of drug-likeness (QED) is 0.525. The molecule has 3 rings (SSSR count). The highest BCUT2D eigenvalue weighted by molar-refractivity contribution is 7.95. The third kappa shape index (κ3) is 3.76. The molecule has 0 aliphatic rings. The number of carbonyl (C=O) groups is 1. The molecule has 0 spiro atoms. The van der Waals surface area contributed by atoms with E-state index in [2.05, 4.69) is 78.1 Å². The smallest absolute Gasteiger partial charge is 0.237 e. The van der Waals surface area contributed by atoms with E-state index in [1.54, 1.807) is 0 Å². The largest absolute Gasteiger partial charge is 0.322 e. The summed E-state index contributed by atoms with van der Waals surface area (Å²) < 4.78 is 0. The highest BCUT2D eigenvalue weighted by Crippen LogP contribution is 2.54. The van der Waals surface area contributed by atoms with Crippen molar-refractivity contribution in [1.29, 1.82) is 0 Å². The van der Waals surface area contributed by atoms with Gasteiger partial charge in [0, 0.05) is 0 Å². The van der Waals surface area contributed by atoms with E-state index in [4.69, 9.17) is 11.6 Å². The Morgan fingerprint density at radius 1 is 0.720 bits per heavy atom. The molecule has 0 aliphatic heterocycles. The van der Waals surface area contributed by atoms with Crippen LogP contribution < -0.4 is 21.2 Å². The van der Waals surface area contributed by atoms with E-state index in [-0.39, 0.29) is 11.8 Å². The van der Waals surface area contributed by atoms with Crippen LogP contribution in [0.5, 0.6) is 0 Å². The topological polar surface area (TPSA) is 29.1 Å². The second kappa shape index (κ2) is 8.29. The van der Waals surface area contributed by atoms with Gasteiger partial charge in [-0.1, -0.05) is 54.6 Å². The first-order valence-electron chi connectivity index (χ1n) is 8.15. The van der Waals surface area contributed by atoms with Crippen LogP contribution in [0.1, 0.15) is 0 Å². The number of carbonyl (C=O) groups excluding carboxylic acids is 1. The SMILES string of the molecule is O=C(CCl)NC[P+](c1ccccc1)(c1ccccc1)c1ccccc1. The lowest BCUT2D eigenvalue weighted by atomic mass is 10.4. The molecule has 0 saturated heterocycles. The normalized spacial score (nSPS) is 11.1. The minimum atomic E-state index is -2.01. The average molecular weight is 369 g/mol. The van der Waals surface area contributed by atoms with Gasteiger partial charge in [-0.05, 0) is 36.4 Å². The monoisotopic (exact) mass is 368 g/mol. The van der Waals surface area contributed by atoms with Crippen molar-refractivity contribution >= 4 is 40.7 Å². The molecule has 1 N–H and O–H groups in total. The highest BCUT2D eigenvalue weighted by atomic mass is 35.5. The summed E-state index contributed by atoms with van der Waals surface area (Å²) in [5.41, 5.74) is 0. The van der Waals surface area contributed by atoms with Crippen LogP contribution in [0.2, 0.25) is 0 Å². The van der Waals surface area contributed by atoms with Crippen molar-refractivity contribution in [2.24, 2.45) is 0 Å². The average Bonchev–Trinajstić information content (AvgIpc) is 2.71. The zero-order chi connectivity index (χ0) is 17.5. The van der Waals surface area contributed by atoms with Gasteiger partial charge in [-0.25, -0.2) is 0 Å². The highest BCUT2D eigenvalue weighted by Gasteiger charge is 2.45. The predicted octanol–water partition coefficient (Wildman–Crippen LogP) is 3.29. The first-order valence-corrected chi connectivity index (χ1v) is 10.7. The van der Waals surface area contributed by atoms with Gasteiger partial charge >= 0.3 is 0 Å². The van der Waals surface area contributed by atoms with Gasteiger partial charge in [0.15, 0.2) is 0 Å². The Labute approximate surface area is 154 Å². The summed E-state index contributed by atoms with van der Waals surface area (Å²) in [5, 5.41) is 6.76. The van der Waals surface area contributed by atoms with Crippen LogP contribution in [-0.4, -0.2) is 18.1 Å². The molecule has 2 nitrogen and oxygen atoms in total. The van der Waals surface area contributed by atoms with Crippen molar-refractivity contribution in [1.82, 2.24) is 5.32 Å².